The average Bonchev–Trinajstić information content (AvgIpc) is 3.15. The zero-order valence-corrected chi connectivity index (χ0v) is 14.4. The number of furan rings is 1. The molecule has 6 heteroatoms. The molecule has 1 aromatic heterocycles. The summed E-state index contributed by atoms with van der Waals surface area (Å²) in [6, 6.07) is 17.9. The van der Waals surface area contributed by atoms with Crippen molar-refractivity contribution in [3.05, 3.63) is 77.8 Å². The maximum atomic E-state index is 13.3. The highest BCUT2D eigenvalue weighted by Gasteiger charge is 2.12. The minimum atomic E-state index is -0.575. The molecular weight excluding hydrogens is 347 g/mol. The molecule has 0 aliphatic rings. The predicted molar refractivity (Wildman–Crippen MR) is 99.3 cm³/mol. The van der Waals surface area contributed by atoms with Crippen molar-refractivity contribution in [3.63, 3.8) is 0 Å². The molecule has 0 spiro atoms. The highest BCUT2D eigenvalue weighted by atomic mass is 19.1. The predicted octanol–water partition coefficient (Wildman–Crippen LogP) is 4.64. The van der Waals surface area contributed by atoms with Gasteiger partial charge in [0.05, 0.1) is 7.11 Å². The Labute approximate surface area is 155 Å². The molecule has 0 saturated carbocycles. The van der Waals surface area contributed by atoms with E-state index in [4.69, 9.17) is 9.15 Å². The van der Waals surface area contributed by atoms with Gasteiger partial charge in [0.1, 0.15) is 34.7 Å². The number of nitriles is 1. The van der Waals surface area contributed by atoms with Gasteiger partial charge in [-0.05, 0) is 36.4 Å². The molecular formula is C21H15FN2O3. The van der Waals surface area contributed by atoms with Gasteiger partial charge in [0.15, 0.2) is 0 Å². The number of carbonyl (C=O) groups excluding carboxylic acids is 1. The fourth-order valence-electron chi connectivity index (χ4n) is 2.42. The second kappa shape index (κ2) is 8.02. The van der Waals surface area contributed by atoms with E-state index in [1.165, 1.54) is 25.3 Å². The van der Waals surface area contributed by atoms with Crippen LogP contribution >= 0.6 is 0 Å². The largest absolute Gasteiger partial charge is 0.497 e. The van der Waals surface area contributed by atoms with Crippen molar-refractivity contribution >= 4 is 17.7 Å². The van der Waals surface area contributed by atoms with Crippen LogP contribution in [0.3, 0.4) is 0 Å². The maximum Gasteiger partial charge on any atom is 0.266 e. The van der Waals surface area contributed by atoms with E-state index in [0.717, 1.165) is 0 Å². The standard InChI is InChI=1S/C21H15FN2O3/c1-26-18-7-3-6-17(12-18)24-21(25)15(13-23)11-19-8-9-20(27-19)14-4-2-5-16(22)10-14/h2-12H,1H3,(H,24,25)/b15-11+. The minimum Gasteiger partial charge on any atom is -0.497 e. The normalized spacial score (nSPS) is 10.9. The molecule has 1 heterocycles. The molecule has 0 unspecified atom stereocenters. The molecule has 3 aromatic rings. The fraction of sp³-hybridized carbons (Fsp3) is 0.0476. The molecule has 0 radical (unpaired) electrons. The van der Waals surface area contributed by atoms with Crippen LogP contribution in [0.5, 0.6) is 5.75 Å². The van der Waals surface area contributed by atoms with Gasteiger partial charge >= 0.3 is 0 Å². The lowest BCUT2D eigenvalue weighted by Crippen LogP contribution is -2.13. The number of hydrogen-bond acceptors (Lipinski definition) is 4. The SMILES string of the molecule is COc1cccc(NC(=O)/C(C#N)=C/c2ccc(-c3cccc(F)c3)o2)c1. The van der Waals surface area contributed by atoms with E-state index < -0.39 is 5.91 Å². The van der Waals surface area contributed by atoms with Gasteiger partial charge in [-0.1, -0.05) is 18.2 Å². The number of methoxy groups -OCH3 is 1. The first kappa shape index (κ1) is 18.0. The van der Waals surface area contributed by atoms with Crippen molar-refractivity contribution in [2.45, 2.75) is 0 Å². The molecule has 134 valence electrons. The number of amides is 1. The quantitative estimate of drug-likeness (QED) is 0.530. The van der Waals surface area contributed by atoms with Gasteiger partial charge in [0, 0.05) is 23.4 Å². The first-order valence-corrected chi connectivity index (χ1v) is 8.02. The topological polar surface area (TPSA) is 75.3 Å². The van der Waals surface area contributed by atoms with Crippen LogP contribution in [-0.2, 0) is 4.79 Å². The Bertz CT molecular complexity index is 1050. The van der Waals surface area contributed by atoms with Crippen molar-refractivity contribution in [1.29, 1.82) is 5.26 Å². The number of benzene rings is 2. The van der Waals surface area contributed by atoms with E-state index in [9.17, 15) is 14.4 Å². The van der Waals surface area contributed by atoms with Crippen LogP contribution in [0, 0.1) is 17.1 Å². The van der Waals surface area contributed by atoms with Crippen LogP contribution < -0.4 is 10.1 Å². The smallest absolute Gasteiger partial charge is 0.266 e. The summed E-state index contributed by atoms with van der Waals surface area (Å²) in [7, 11) is 1.52. The van der Waals surface area contributed by atoms with Gasteiger partial charge in [0.2, 0.25) is 0 Å². The summed E-state index contributed by atoms with van der Waals surface area (Å²) in [5.41, 5.74) is 0.937. The molecule has 0 saturated heterocycles. The van der Waals surface area contributed by atoms with E-state index in [-0.39, 0.29) is 11.4 Å². The highest BCUT2D eigenvalue weighted by Crippen LogP contribution is 2.24. The average molecular weight is 362 g/mol. The van der Waals surface area contributed by atoms with Gasteiger partial charge in [-0.25, -0.2) is 4.39 Å². The lowest BCUT2D eigenvalue weighted by molar-refractivity contribution is -0.112. The third-order valence-corrected chi connectivity index (χ3v) is 3.72. The lowest BCUT2D eigenvalue weighted by Gasteiger charge is -2.06. The first-order chi connectivity index (χ1) is 13.1. The van der Waals surface area contributed by atoms with Crippen molar-refractivity contribution in [1.82, 2.24) is 0 Å². The number of rotatable bonds is 5. The monoisotopic (exact) mass is 362 g/mol. The van der Waals surface area contributed by atoms with E-state index >= 15 is 0 Å². The highest BCUT2D eigenvalue weighted by molar-refractivity contribution is 6.09. The van der Waals surface area contributed by atoms with E-state index in [1.807, 2.05) is 6.07 Å². The van der Waals surface area contributed by atoms with Crippen LogP contribution in [0.1, 0.15) is 5.76 Å². The van der Waals surface area contributed by atoms with Crippen LogP contribution in [0.25, 0.3) is 17.4 Å². The zero-order chi connectivity index (χ0) is 19.2. The molecule has 3 rings (SSSR count). The Morgan fingerprint density at radius 1 is 1.19 bits per heavy atom. The Morgan fingerprint density at radius 3 is 2.74 bits per heavy atom. The molecule has 5 nitrogen and oxygen atoms in total. The second-order valence-electron chi connectivity index (χ2n) is 5.57. The van der Waals surface area contributed by atoms with Crippen molar-refractivity contribution in [2.24, 2.45) is 0 Å². The summed E-state index contributed by atoms with van der Waals surface area (Å²) in [5.74, 6) is 0.379. The van der Waals surface area contributed by atoms with Gasteiger partial charge in [-0.3, -0.25) is 4.79 Å². The number of ether oxygens (including phenoxy) is 1. The van der Waals surface area contributed by atoms with Gasteiger partial charge in [-0.15, -0.1) is 0 Å². The summed E-state index contributed by atoms with van der Waals surface area (Å²) < 4.78 is 24.0. The summed E-state index contributed by atoms with van der Waals surface area (Å²) >= 11 is 0. The summed E-state index contributed by atoms with van der Waals surface area (Å²) in [6.07, 6.45) is 1.33. The Kier molecular flexibility index (Phi) is 5.33. The Hall–Kier alpha value is -3.85. The molecule has 1 N–H and O–H groups in total. The number of hydrogen-bond donors (Lipinski definition) is 1. The van der Waals surface area contributed by atoms with Gasteiger partial charge < -0.3 is 14.5 Å². The molecule has 0 fully saturated rings. The van der Waals surface area contributed by atoms with Gasteiger partial charge in [-0.2, -0.15) is 5.26 Å². The van der Waals surface area contributed by atoms with Crippen LogP contribution in [0.15, 0.2) is 70.7 Å². The fourth-order valence-corrected chi connectivity index (χ4v) is 2.42. The molecule has 0 bridgehead atoms. The van der Waals surface area contributed by atoms with E-state index in [0.29, 0.717) is 28.5 Å². The zero-order valence-electron chi connectivity index (χ0n) is 14.4. The van der Waals surface area contributed by atoms with E-state index in [1.54, 1.807) is 48.5 Å². The molecule has 1 amide bonds. The molecule has 2 aromatic carbocycles. The minimum absolute atomic E-state index is 0.127. The first-order valence-electron chi connectivity index (χ1n) is 8.02. The van der Waals surface area contributed by atoms with Crippen LogP contribution in [0.2, 0.25) is 0 Å². The van der Waals surface area contributed by atoms with Crippen molar-refractivity contribution in [2.75, 3.05) is 12.4 Å². The molecule has 0 aliphatic carbocycles. The number of halogens is 1. The molecule has 0 aliphatic heterocycles. The lowest BCUT2D eigenvalue weighted by atomic mass is 10.2. The number of nitrogens with one attached hydrogen (secondary N) is 1. The summed E-state index contributed by atoms with van der Waals surface area (Å²) in [4.78, 5) is 12.3. The molecule has 27 heavy (non-hydrogen) atoms. The van der Waals surface area contributed by atoms with Crippen LogP contribution in [0.4, 0.5) is 10.1 Å². The second-order valence-corrected chi connectivity index (χ2v) is 5.57. The summed E-state index contributed by atoms with van der Waals surface area (Å²) in [5, 5.41) is 11.9. The van der Waals surface area contributed by atoms with Crippen LogP contribution in [-0.4, -0.2) is 13.0 Å². The van der Waals surface area contributed by atoms with Gasteiger partial charge in [0.25, 0.3) is 5.91 Å². The maximum absolute atomic E-state index is 13.3. The number of carbonyl (C=O) groups is 1. The Morgan fingerprint density at radius 2 is 2.00 bits per heavy atom. The number of nitrogens with zero attached hydrogens (tertiary/aromatic N) is 1. The summed E-state index contributed by atoms with van der Waals surface area (Å²) in [6.45, 7) is 0. The molecule has 0 atom stereocenters. The van der Waals surface area contributed by atoms with Crippen molar-refractivity contribution < 1.29 is 18.3 Å². The third-order valence-electron chi connectivity index (χ3n) is 3.72. The Balaban J connectivity index is 1.80. The van der Waals surface area contributed by atoms with E-state index in [2.05, 4.69) is 5.32 Å². The number of anilines is 1. The van der Waals surface area contributed by atoms with Crippen molar-refractivity contribution in [3.8, 4) is 23.1 Å². The third kappa shape index (κ3) is 4.41.